The van der Waals surface area contributed by atoms with Gasteiger partial charge in [0.15, 0.2) is 0 Å². The molecule has 1 heterocycles. The predicted octanol–water partition coefficient (Wildman–Crippen LogP) is 6.61. The Morgan fingerprint density at radius 2 is 1.78 bits per heavy atom. The quantitative estimate of drug-likeness (QED) is 0.249. The molecule has 0 aliphatic heterocycles. The van der Waals surface area contributed by atoms with Crippen molar-refractivity contribution in [3.8, 4) is 11.3 Å². The van der Waals surface area contributed by atoms with Crippen molar-refractivity contribution >= 4 is 45.2 Å². The molecule has 3 aromatic carbocycles. The number of aryl methyl sites for hydroxylation is 1. The molecule has 32 heavy (non-hydrogen) atoms. The standard InChI is InChI=1S/C24H18ClFN4OS/c1-15-6-8-16(9-7-15)21-23(29-22(31)17-10-12-19(26)13-11-17)32-24(28-21)30-27-14-18-4-2-3-5-20(18)25/h2-14H,1H3,(H,28,30)(H,29,31)/b27-14+. The molecule has 0 atom stereocenters. The van der Waals surface area contributed by atoms with Crippen LogP contribution in [0.25, 0.3) is 11.3 Å². The zero-order chi connectivity index (χ0) is 22.5. The highest BCUT2D eigenvalue weighted by molar-refractivity contribution is 7.20. The molecular formula is C24H18ClFN4OS. The van der Waals surface area contributed by atoms with Crippen LogP contribution in [0, 0.1) is 12.7 Å². The van der Waals surface area contributed by atoms with Gasteiger partial charge in [-0.3, -0.25) is 10.2 Å². The van der Waals surface area contributed by atoms with Crippen molar-refractivity contribution in [1.82, 2.24) is 4.98 Å². The lowest BCUT2D eigenvalue weighted by atomic mass is 10.1. The largest absolute Gasteiger partial charge is 0.312 e. The Balaban J connectivity index is 1.61. The van der Waals surface area contributed by atoms with E-state index in [0.717, 1.165) is 16.7 Å². The lowest BCUT2D eigenvalue weighted by Crippen LogP contribution is -2.11. The summed E-state index contributed by atoms with van der Waals surface area (Å²) in [4.78, 5) is 17.3. The van der Waals surface area contributed by atoms with Crippen molar-refractivity contribution in [2.75, 3.05) is 10.7 Å². The minimum absolute atomic E-state index is 0.348. The summed E-state index contributed by atoms with van der Waals surface area (Å²) in [6.07, 6.45) is 1.60. The van der Waals surface area contributed by atoms with Crippen LogP contribution in [0.4, 0.5) is 14.5 Å². The summed E-state index contributed by atoms with van der Waals surface area (Å²) in [5.74, 6) is -0.754. The van der Waals surface area contributed by atoms with Gasteiger partial charge in [-0.2, -0.15) is 5.10 Å². The van der Waals surface area contributed by atoms with Gasteiger partial charge in [-0.25, -0.2) is 9.37 Å². The summed E-state index contributed by atoms with van der Waals surface area (Å²) in [7, 11) is 0. The van der Waals surface area contributed by atoms with E-state index in [2.05, 4.69) is 20.8 Å². The summed E-state index contributed by atoms with van der Waals surface area (Å²) in [6.45, 7) is 2.00. The Hall–Kier alpha value is -3.55. The number of thiazole rings is 1. The first kappa shape index (κ1) is 21.7. The van der Waals surface area contributed by atoms with E-state index >= 15 is 0 Å². The highest BCUT2D eigenvalue weighted by Gasteiger charge is 2.16. The number of carbonyl (C=O) groups excluding carboxylic acids is 1. The number of nitrogens with one attached hydrogen (secondary N) is 2. The fourth-order valence-electron chi connectivity index (χ4n) is 2.87. The Morgan fingerprint density at radius 1 is 1.06 bits per heavy atom. The summed E-state index contributed by atoms with van der Waals surface area (Å²) >= 11 is 7.40. The van der Waals surface area contributed by atoms with Crippen LogP contribution in [-0.4, -0.2) is 17.1 Å². The summed E-state index contributed by atoms with van der Waals surface area (Å²) in [5.41, 5.74) is 6.59. The maximum absolute atomic E-state index is 13.2. The number of hydrazone groups is 1. The maximum Gasteiger partial charge on any atom is 0.256 e. The molecule has 0 saturated carbocycles. The molecule has 4 aromatic rings. The first-order chi connectivity index (χ1) is 15.5. The lowest BCUT2D eigenvalue weighted by Gasteiger charge is -2.06. The van der Waals surface area contributed by atoms with E-state index in [1.807, 2.05) is 49.4 Å². The van der Waals surface area contributed by atoms with Crippen molar-refractivity contribution in [3.05, 3.63) is 100 Å². The molecular weight excluding hydrogens is 447 g/mol. The highest BCUT2D eigenvalue weighted by Crippen LogP contribution is 2.36. The summed E-state index contributed by atoms with van der Waals surface area (Å²) < 4.78 is 13.2. The van der Waals surface area contributed by atoms with Crippen LogP contribution in [0.15, 0.2) is 77.9 Å². The fourth-order valence-corrected chi connectivity index (χ4v) is 3.89. The normalized spacial score (nSPS) is 11.0. The molecule has 0 spiro atoms. The number of hydrogen-bond donors (Lipinski definition) is 2. The van der Waals surface area contributed by atoms with Gasteiger partial charge in [0.05, 0.1) is 6.21 Å². The number of amides is 1. The van der Waals surface area contributed by atoms with Crippen LogP contribution in [0.1, 0.15) is 21.5 Å². The van der Waals surface area contributed by atoms with Crippen molar-refractivity contribution in [3.63, 3.8) is 0 Å². The van der Waals surface area contributed by atoms with Gasteiger partial charge in [-0.1, -0.05) is 71.0 Å². The SMILES string of the molecule is Cc1ccc(-c2nc(N/N=C/c3ccccc3Cl)sc2NC(=O)c2ccc(F)cc2)cc1. The monoisotopic (exact) mass is 464 g/mol. The van der Waals surface area contributed by atoms with E-state index in [-0.39, 0.29) is 5.91 Å². The van der Waals surface area contributed by atoms with E-state index in [0.29, 0.717) is 26.4 Å². The molecule has 0 fully saturated rings. The topological polar surface area (TPSA) is 66.4 Å². The zero-order valence-corrected chi connectivity index (χ0v) is 18.5. The highest BCUT2D eigenvalue weighted by atomic mass is 35.5. The van der Waals surface area contributed by atoms with E-state index in [1.54, 1.807) is 12.3 Å². The van der Waals surface area contributed by atoms with E-state index in [1.165, 1.54) is 35.6 Å². The molecule has 160 valence electrons. The number of aromatic nitrogens is 1. The van der Waals surface area contributed by atoms with E-state index in [4.69, 9.17) is 11.6 Å². The molecule has 0 unspecified atom stereocenters. The van der Waals surface area contributed by atoms with Crippen LogP contribution in [0.2, 0.25) is 5.02 Å². The first-order valence-corrected chi connectivity index (χ1v) is 10.9. The average molecular weight is 465 g/mol. The van der Waals surface area contributed by atoms with Crippen molar-refractivity contribution in [2.45, 2.75) is 6.92 Å². The predicted molar refractivity (Wildman–Crippen MR) is 129 cm³/mol. The third kappa shape index (κ3) is 5.19. The van der Waals surface area contributed by atoms with Crippen molar-refractivity contribution < 1.29 is 9.18 Å². The second-order valence-corrected chi connectivity index (χ2v) is 8.32. The molecule has 8 heteroatoms. The van der Waals surface area contributed by atoms with Gasteiger partial charge in [-0.05, 0) is 37.3 Å². The van der Waals surface area contributed by atoms with Crippen LogP contribution in [0.3, 0.4) is 0 Å². The zero-order valence-electron chi connectivity index (χ0n) is 17.0. The number of rotatable bonds is 6. The Labute approximate surface area is 193 Å². The first-order valence-electron chi connectivity index (χ1n) is 9.68. The third-order valence-electron chi connectivity index (χ3n) is 4.55. The molecule has 2 N–H and O–H groups in total. The van der Waals surface area contributed by atoms with Crippen molar-refractivity contribution in [1.29, 1.82) is 0 Å². The van der Waals surface area contributed by atoms with E-state index < -0.39 is 5.82 Å². The number of nitrogens with zero attached hydrogens (tertiary/aromatic N) is 2. The molecule has 1 amide bonds. The molecule has 0 aliphatic rings. The number of anilines is 2. The average Bonchev–Trinajstić information content (AvgIpc) is 3.18. The van der Waals surface area contributed by atoms with Gasteiger partial charge in [-0.15, -0.1) is 0 Å². The van der Waals surface area contributed by atoms with Gasteiger partial charge in [0.25, 0.3) is 5.91 Å². The fraction of sp³-hybridized carbons (Fsp3) is 0.0417. The van der Waals surface area contributed by atoms with Crippen LogP contribution < -0.4 is 10.7 Å². The number of benzene rings is 3. The maximum atomic E-state index is 13.2. The lowest BCUT2D eigenvalue weighted by molar-refractivity contribution is 0.102. The molecule has 1 aromatic heterocycles. The van der Waals surface area contributed by atoms with Gasteiger partial charge < -0.3 is 5.32 Å². The van der Waals surface area contributed by atoms with Gasteiger partial charge in [0.2, 0.25) is 5.13 Å². The van der Waals surface area contributed by atoms with Crippen LogP contribution in [-0.2, 0) is 0 Å². The van der Waals surface area contributed by atoms with Gasteiger partial charge in [0.1, 0.15) is 16.5 Å². The Kier molecular flexibility index (Phi) is 6.58. The summed E-state index contributed by atoms with van der Waals surface area (Å²) in [6, 6.07) is 20.5. The Morgan fingerprint density at radius 3 is 2.50 bits per heavy atom. The second-order valence-electron chi connectivity index (χ2n) is 6.92. The van der Waals surface area contributed by atoms with Gasteiger partial charge >= 0.3 is 0 Å². The Bertz CT molecular complexity index is 1270. The molecule has 4 rings (SSSR count). The smallest absolute Gasteiger partial charge is 0.256 e. The molecule has 0 aliphatic carbocycles. The third-order valence-corrected chi connectivity index (χ3v) is 5.77. The molecule has 0 saturated heterocycles. The molecule has 0 radical (unpaired) electrons. The van der Waals surface area contributed by atoms with Crippen LogP contribution >= 0.6 is 22.9 Å². The number of halogens is 2. The summed E-state index contributed by atoms with van der Waals surface area (Å²) in [5, 5.41) is 8.74. The minimum atomic E-state index is -0.400. The molecule has 5 nitrogen and oxygen atoms in total. The second kappa shape index (κ2) is 9.72. The van der Waals surface area contributed by atoms with Gasteiger partial charge in [0, 0.05) is 21.7 Å². The number of hydrogen-bond acceptors (Lipinski definition) is 5. The van der Waals surface area contributed by atoms with Crippen molar-refractivity contribution in [2.24, 2.45) is 5.10 Å². The minimum Gasteiger partial charge on any atom is -0.312 e. The van der Waals surface area contributed by atoms with Crippen LogP contribution in [0.5, 0.6) is 0 Å². The van der Waals surface area contributed by atoms with E-state index in [9.17, 15) is 9.18 Å². The number of carbonyl (C=O) groups is 1. The molecule has 0 bridgehead atoms.